The lowest BCUT2D eigenvalue weighted by atomic mass is 10.1. The average molecular weight is 413 g/mol. The summed E-state index contributed by atoms with van der Waals surface area (Å²) in [6, 6.07) is 3.72. The molecule has 0 spiro atoms. The summed E-state index contributed by atoms with van der Waals surface area (Å²) in [6.45, 7) is 6.71. The van der Waals surface area contributed by atoms with Gasteiger partial charge in [0.2, 0.25) is 0 Å². The molecule has 29 heavy (non-hydrogen) atoms. The average Bonchev–Trinajstić information content (AvgIpc) is 2.98. The van der Waals surface area contributed by atoms with Crippen LogP contribution in [0, 0.1) is 0 Å². The predicted octanol–water partition coefficient (Wildman–Crippen LogP) is 5.05. The Morgan fingerprint density at radius 2 is 1.86 bits per heavy atom. The third-order valence-electron chi connectivity index (χ3n) is 3.50. The van der Waals surface area contributed by atoms with Crippen LogP contribution in [-0.2, 0) is 27.0 Å². The zero-order valence-corrected chi connectivity index (χ0v) is 16.5. The summed E-state index contributed by atoms with van der Waals surface area (Å²) in [5, 5.41) is 2.62. The highest BCUT2D eigenvalue weighted by atomic mass is 19.4. The highest BCUT2D eigenvalue weighted by Crippen LogP contribution is 2.37. The fourth-order valence-corrected chi connectivity index (χ4v) is 2.45. The van der Waals surface area contributed by atoms with Crippen LogP contribution in [-0.4, -0.2) is 24.3 Å². The van der Waals surface area contributed by atoms with Gasteiger partial charge in [-0.3, -0.25) is 0 Å². The summed E-state index contributed by atoms with van der Waals surface area (Å²) < 4.78 is 55.5. The normalized spacial score (nSPS) is 12.4. The van der Waals surface area contributed by atoms with Crippen molar-refractivity contribution >= 4 is 29.1 Å². The zero-order chi connectivity index (χ0) is 21.8. The van der Waals surface area contributed by atoms with Gasteiger partial charge in [-0.15, -0.1) is 0 Å². The lowest BCUT2D eigenvalue weighted by molar-refractivity contribution is -0.137. The van der Waals surface area contributed by atoms with Crippen LogP contribution in [0.25, 0.3) is 17.0 Å². The summed E-state index contributed by atoms with van der Waals surface area (Å²) in [4.78, 5) is 23.1. The van der Waals surface area contributed by atoms with Crippen LogP contribution in [0.15, 0.2) is 28.7 Å². The second-order valence-electron chi connectivity index (χ2n) is 7.14. The number of hydrogen-bond acceptors (Lipinski definition) is 5. The summed E-state index contributed by atoms with van der Waals surface area (Å²) >= 11 is 0. The van der Waals surface area contributed by atoms with Crippen molar-refractivity contribution in [1.29, 1.82) is 0 Å². The molecule has 6 nitrogen and oxygen atoms in total. The number of carbonyl (C=O) groups excluding carboxylic acids is 2. The number of fused-ring (bicyclic) bond motifs is 1. The first kappa shape index (κ1) is 22.3. The van der Waals surface area contributed by atoms with Crippen molar-refractivity contribution in [1.82, 2.24) is 5.32 Å². The molecule has 2 rings (SSSR count). The molecule has 1 aromatic heterocycles. The van der Waals surface area contributed by atoms with Gasteiger partial charge in [0.15, 0.2) is 0 Å². The molecule has 0 aliphatic rings. The Balaban J connectivity index is 2.31. The van der Waals surface area contributed by atoms with Gasteiger partial charge in [0.05, 0.1) is 18.7 Å². The second kappa shape index (κ2) is 8.59. The van der Waals surface area contributed by atoms with Crippen LogP contribution in [0.4, 0.5) is 18.0 Å². The van der Waals surface area contributed by atoms with E-state index in [4.69, 9.17) is 13.9 Å². The van der Waals surface area contributed by atoms with Crippen molar-refractivity contribution in [2.24, 2.45) is 0 Å². The molecule has 0 fully saturated rings. The number of alkyl carbamates (subject to hydrolysis) is 1. The molecule has 158 valence electrons. The van der Waals surface area contributed by atoms with Crippen molar-refractivity contribution in [2.45, 2.75) is 46.0 Å². The van der Waals surface area contributed by atoms with Gasteiger partial charge in [0.1, 0.15) is 16.9 Å². The van der Waals surface area contributed by atoms with Crippen LogP contribution in [0.2, 0.25) is 0 Å². The number of ether oxygens (including phenoxy) is 2. The molecular weight excluding hydrogens is 391 g/mol. The topological polar surface area (TPSA) is 77.8 Å². The molecule has 0 unspecified atom stereocenters. The van der Waals surface area contributed by atoms with Crippen molar-refractivity contribution in [3.8, 4) is 0 Å². The second-order valence-corrected chi connectivity index (χ2v) is 7.14. The highest BCUT2D eigenvalue weighted by Gasteiger charge is 2.35. The highest BCUT2D eigenvalue weighted by molar-refractivity contribution is 5.89. The monoisotopic (exact) mass is 413 g/mol. The van der Waals surface area contributed by atoms with Gasteiger partial charge in [-0.05, 0) is 57.5 Å². The molecule has 0 aliphatic carbocycles. The Hall–Kier alpha value is -2.97. The molecule has 1 heterocycles. The molecule has 1 amide bonds. The molecule has 0 aliphatic heterocycles. The van der Waals surface area contributed by atoms with Gasteiger partial charge in [0.25, 0.3) is 0 Å². The van der Waals surface area contributed by atoms with Gasteiger partial charge in [-0.2, -0.15) is 13.2 Å². The van der Waals surface area contributed by atoms with Crippen LogP contribution in [0.3, 0.4) is 0 Å². The third kappa shape index (κ3) is 6.55. The van der Waals surface area contributed by atoms with E-state index in [1.807, 2.05) is 0 Å². The van der Waals surface area contributed by atoms with Gasteiger partial charge < -0.3 is 19.2 Å². The van der Waals surface area contributed by atoms with E-state index in [0.717, 1.165) is 12.1 Å². The van der Waals surface area contributed by atoms with E-state index in [0.29, 0.717) is 0 Å². The molecule has 1 aromatic carbocycles. The summed E-state index contributed by atoms with van der Waals surface area (Å²) in [7, 11) is 0. The number of rotatable bonds is 5. The van der Waals surface area contributed by atoms with Gasteiger partial charge in [0, 0.05) is 11.5 Å². The maximum Gasteiger partial charge on any atom is 0.420 e. The van der Waals surface area contributed by atoms with E-state index in [9.17, 15) is 22.8 Å². The van der Waals surface area contributed by atoms with Gasteiger partial charge >= 0.3 is 18.2 Å². The van der Waals surface area contributed by atoms with E-state index in [1.165, 1.54) is 18.2 Å². The zero-order valence-electron chi connectivity index (χ0n) is 16.5. The Kier molecular flexibility index (Phi) is 6.61. The molecule has 0 saturated carbocycles. The minimum atomic E-state index is -4.67. The first-order chi connectivity index (χ1) is 13.4. The number of carbonyl (C=O) groups is 2. The molecular formula is C20H22F3NO5. The summed E-state index contributed by atoms with van der Waals surface area (Å²) in [5.74, 6) is -0.529. The Morgan fingerprint density at radius 3 is 2.45 bits per heavy atom. The number of amides is 1. The molecule has 0 radical (unpaired) electrons. The van der Waals surface area contributed by atoms with E-state index in [2.05, 4.69) is 5.32 Å². The number of hydrogen-bond donors (Lipinski definition) is 1. The van der Waals surface area contributed by atoms with Crippen LogP contribution >= 0.6 is 0 Å². The molecule has 0 atom stereocenters. The minimum Gasteiger partial charge on any atom is -0.463 e. The first-order valence-corrected chi connectivity index (χ1v) is 8.84. The fraction of sp³-hybridized carbons (Fsp3) is 0.400. The van der Waals surface area contributed by atoms with E-state index in [-0.39, 0.29) is 35.4 Å². The minimum absolute atomic E-state index is 0.128. The van der Waals surface area contributed by atoms with Gasteiger partial charge in [-0.25, -0.2) is 9.59 Å². The summed E-state index contributed by atoms with van der Waals surface area (Å²) in [5.41, 5.74) is -1.89. The largest absolute Gasteiger partial charge is 0.463 e. The van der Waals surface area contributed by atoms with E-state index in [1.54, 1.807) is 27.7 Å². The number of halogens is 3. The smallest absolute Gasteiger partial charge is 0.420 e. The Labute approximate surface area is 165 Å². The van der Waals surface area contributed by atoms with E-state index >= 15 is 0 Å². The number of nitrogens with one attached hydrogen (secondary N) is 1. The molecule has 2 aromatic rings. The fourth-order valence-electron chi connectivity index (χ4n) is 2.45. The lowest BCUT2D eigenvalue weighted by Crippen LogP contribution is -2.32. The summed E-state index contributed by atoms with van der Waals surface area (Å²) in [6.07, 6.45) is -3.10. The van der Waals surface area contributed by atoms with Gasteiger partial charge in [-0.1, -0.05) is 0 Å². The number of esters is 1. The maximum atomic E-state index is 13.5. The SMILES string of the molecule is CCOC(=O)/C=C/c1cc(C(F)(F)F)c2oc(CNC(=O)OC(C)(C)C)cc2c1. The van der Waals surface area contributed by atoms with Crippen LogP contribution in [0.5, 0.6) is 0 Å². The number of benzene rings is 1. The molecule has 1 N–H and O–H groups in total. The Bertz CT molecular complexity index is 923. The third-order valence-corrected chi connectivity index (χ3v) is 3.50. The maximum absolute atomic E-state index is 13.5. The van der Waals surface area contributed by atoms with E-state index < -0.39 is 29.4 Å². The molecule has 9 heteroatoms. The van der Waals surface area contributed by atoms with Crippen molar-refractivity contribution in [3.05, 3.63) is 41.2 Å². The van der Waals surface area contributed by atoms with Crippen LogP contribution < -0.4 is 5.32 Å². The standard InChI is InChI=1S/C20H22F3NO5/c1-5-27-16(25)7-6-12-8-13-10-14(11-24-18(26)29-19(2,3)4)28-17(13)15(9-12)20(21,22)23/h6-10H,5,11H2,1-4H3,(H,24,26)/b7-6+. The number of furan rings is 1. The number of alkyl halides is 3. The lowest BCUT2D eigenvalue weighted by Gasteiger charge is -2.19. The van der Waals surface area contributed by atoms with Crippen molar-refractivity contribution in [3.63, 3.8) is 0 Å². The Morgan fingerprint density at radius 1 is 1.17 bits per heavy atom. The van der Waals surface area contributed by atoms with Crippen molar-refractivity contribution < 1.29 is 36.7 Å². The first-order valence-electron chi connectivity index (χ1n) is 8.84. The predicted molar refractivity (Wildman–Crippen MR) is 100.0 cm³/mol. The molecule has 0 saturated heterocycles. The quantitative estimate of drug-likeness (QED) is 0.548. The molecule has 0 bridgehead atoms. The van der Waals surface area contributed by atoms with Crippen molar-refractivity contribution in [2.75, 3.05) is 6.61 Å². The van der Waals surface area contributed by atoms with Crippen LogP contribution in [0.1, 0.15) is 44.6 Å².